The summed E-state index contributed by atoms with van der Waals surface area (Å²) < 4.78 is 5.35. The van der Waals surface area contributed by atoms with E-state index in [1.165, 1.54) is 0 Å². The number of aromatic nitrogens is 1. The van der Waals surface area contributed by atoms with Gasteiger partial charge in [-0.3, -0.25) is 0 Å². The van der Waals surface area contributed by atoms with Gasteiger partial charge in [-0.2, -0.15) is 0 Å². The largest absolute Gasteiger partial charge is 0.446 e. The maximum atomic E-state index is 8.94. The molecule has 1 aromatic rings. The molecule has 0 aromatic carbocycles. The molecule has 0 amide bonds. The number of nitrogens with two attached hydrogens (primary N) is 1. The summed E-state index contributed by atoms with van der Waals surface area (Å²) in [7, 11) is 0. The van der Waals surface area contributed by atoms with Gasteiger partial charge < -0.3 is 15.3 Å². The van der Waals surface area contributed by atoms with Crippen LogP contribution >= 0.6 is 0 Å². The van der Waals surface area contributed by atoms with Crippen molar-refractivity contribution in [2.24, 2.45) is 5.73 Å². The average Bonchev–Trinajstić information content (AvgIpc) is 2.30. The molecule has 13 heavy (non-hydrogen) atoms. The average molecular weight is 184 g/mol. The maximum absolute atomic E-state index is 8.94. The zero-order valence-electron chi connectivity index (χ0n) is 8.29. The van der Waals surface area contributed by atoms with E-state index in [2.05, 4.69) is 4.98 Å². The Morgan fingerprint density at radius 1 is 1.54 bits per heavy atom. The van der Waals surface area contributed by atoms with Crippen LogP contribution in [0.5, 0.6) is 0 Å². The van der Waals surface area contributed by atoms with Crippen LogP contribution in [0.4, 0.5) is 0 Å². The Kier molecular flexibility index (Phi) is 2.73. The first-order chi connectivity index (χ1) is 5.94. The molecule has 3 N–H and O–H groups in total. The van der Waals surface area contributed by atoms with Gasteiger partial charge in [-0.1, -0.05) is 0 Å². The van der Waals surface area contributed by atoms with E-state index < -0.39 is 5.54 Å². The molecule has 4 heteroatoms. The van der Waals surface area contributed by atoms with E-state index in [4.69, 9.17) is 15.3 Å². The third-order valence-corrected chi connectivity index (χ3v) is 1.99. The van der Waals surface area contributed by atoms with Crippen molar-refractivity contribution < 1.29 is 9.52 Å². The quantitative estimate of drug-likeness (QED) is 0.719. The fourth-order valence-electron chi connectivity index (χ4n) is 1.02. The third-order valence-electron chi connectivity index (χ3n) is 1.99. The minimum Gasteiger partial charge on any atom is -0.446 e. The van der Waals surface area contributed by atoms with Crippen LogP contribution in [0.1, 0.15) is 24.3 Å². The van der Waals surface area contributed by atoms with Gasteiger partial charge in [0, 0.05) is 12.0 Å². The number of hydrogen-bond acceptors (Lipinski definition) is 4. The molecule has 0 radical (unpaired) electrons. The summed E-state index contributed by atoms with van der Waals surface area (Å²) in [5.41, 5.74) is 5.99. The second kappa shape index (κ2) is 3.47. The van der Waals surface area contributed by atoms with Gasteiger partial charge in [-0.25, -0.2) is 4.98 Å². The van der Waals surface area contributed by atoms with Crippen LogP contribution in [0.25, 0.3) is 0 Å². The normalized spacial score (nSPS) is 15.8. The third kappa shape index (κ3) is 2.54. The Bertz CT molecular complexity index is 272. The van der Waals surface area contributed by atoms with Crippen LogP contribution in [0.2, 0.25) is 0 Å². The lowest BCUT2D eigenvalue weighted by atomic mass is 10.0. The molecule has 0 saturated carbocycles. The smallest absolute Gasteiger partial charge is 0.196 e. The number of hydrogen-bond donors (Lipinski definition) is 2. The summed E-state index contributed by atoms with van der Waals surface area (Å²) in [6, 6.07) is 0. The highest BCUT2D eigenvalue weighted by atomic mass is 16.4. The molecule has 1 aromatic heterocycles. The van der Waals surface area contributed by atoms with Gasteiger partial charge >= 0.3 is 0 Å². The van der Waals surface area contributed by atoms with Crippen molar-refractivity contribution in [1.82, 2.24) is 4.98 Å². The molecular weight excluding hydrogens is 168 g/mol. The van der Waals surface area contributed by atoms with Crippen LogP contribution in [-0.2, 0) is 6.42 Å². The van der Waals surface area contributed by atoms with Crippen molar-refractivity contribution in [3.63, 3.8) is 0 Å². The summed E-state index contributed by atoms with van der Waals surface area (Å²) in [4.78, 5) is 4.19. The van der Waals surface area contributed by atoms with E-state index >= 15 is 0 Å². The molecule has 0 spiro atoms. The first-order valence-electron chi connectivity index (χ1n) is 4.27. The molecule has 4 nitrogen and oxygen atoms in total. The van der Waals surface area contributed by atoms with Crippen molar-refractivity contribution in [3.05, 3.63) is 17.3 Å². The molecule has 0 fully saturated rings. The predicted molar refractivity (Wildman–Crippen MR) is 49.4 cm³/mol. The predicted octanol–water partition coefficient (Wildman–Crippen LogP) is 0.544. The van der Waals surface area contributed by atoms with Crippen molar-refractivity contribution in [2.45, 2.75) is 32.7 Å². The van der Waals surface area contributed by atoms with Crippen LogP contribution in [0.15, 0.2) is 4.42 Å². The monoisotopic (exact) mass is 184 g/mol. The Balaban J connectivity index is 2.75. The Morgan fingerprint density at radius 2 is 2.15 bits per heavy atom. The molecule has 0 aliphatic heterocycles. The fraction of sp³-hybridized carbons (Fsp3) is 0.667. The van der Waals surface area contributed by atoms with Crippen LogP contribution in [0.3, 0.4) is 0 Å². The SMILES string of the molecule is Cc1nc(CC(C)(N)CO)oc1C. The van der Waals surface area contributed by atoms with Crippen LogP contribution < -0.4 is 5.73 Å². The highest BCUT2D eigenvalue weighted by molar-refractivity contribution is 5.07. The summed E-state index contributed by atoms with van der Waals surface area (Å²) in [5, 5.41) is 8.94. The lowest BCUT2D eigenvalue weighted by Crippen LogP contribution is -2.42. The second-order valence-electron chi connectivity index (χ2n) is 3.74. The lowest BCUT2D eigenvalue weighted by Gasteiger charge is -2.18. The summed E-state index contributed by atoms with van der Waals surface area (Å²) in [6.45, 7) is 5.43. The molecule has 0 aliphatic carbocycles. The number of aliphatic hydroxyl groups is 1. The fourth-order valence-corrected chi connectivity index (χ4v) is 1.02. The Hall–Kier alpha value is -0.870. The van der Waals surface area contributed by atoms with Crippen molar-refractivity contribution >= 4 is 0 Å². The zero-order chi connectivity index (χ0) is 10.1. The van der Waals surface area contributed by atoms with E-state index in [-0.39, 0.29) is 6.61 Å². The molecule has 1 atom stereocenters. The second-order valence-corrected chi connectivity index (χ2v) is 3.74. The van der Waals surface area contributed by atoms with Crippen molar-refractivity contribution in [3.8, 4) is 0 Å². The molecule has 74 valence electrons. The minimum absolute atomic E-state index is 0.0759. The Labute approximate surface area is 77.8 Å². The molecule has 0 aliphatic rings. The molecular formula is C9H16N2O2. The van der Waals surface area contributed by atoms with Crippen LogP contribution in [0, 0.1) is 13.8 Å². The van der Waals surface area contributed by atoms with Gasteiger partial charge in [0.05, 0.1) is 12.3 Å². The Morgan fingerprint density at radius 3 is 2.54 bits per heavy atom. The number of aryl methyl sites for hydroxylation is 2. The zero-order valence-corrected chi connectivity index (χ0v) is 8.29. The van der Waals surface area contributed by atoms with Gasteiger partial charge in [0.25, 0.3) is 0 Å². The van der Waals surface area contributed by atoms with E-state index in [1.54, 1.807) is 6.92 Å². The van der Waals surface area contributed by atoms with E-state index in [0.717, 1.165) is 11.5 Å². The molecule has 0 saturated heterocycles. The first kappa shape index (κ1) is 10.2. The van der Waals surface area contributed by atoms with Gasteiger partial charge in [-0.15, -0.1) is 0 Å². The molecule has 1 rings (SSSR count). The molecule has 1 heterocycles. The first-order valence-corrected chi connectivity index (χ1v) is 4.27. The van der Waals surface area contributed by atoms with Gasteiger partial charge in [0.1, 0.15) is 5.76 Å². The van der Waals surface area contributed by atoms with Gasteiger partial charge in [-0.05, 0) is 20.8 Å². The number of oxazole rings is 1. The number of rotatable bonds is 3. The number of nitrogens with zero attached hydrogens (tertiary/aromatic N) is 1. The molecule has 1 unspecified atom stereocenters. The number of aliphatic hydroxyl groups excluding tert-OH is 1. The minimum atomic E-state index is -0.649. The van der Waals surface area contributed by atoms with Gasteiger partial charge in [0.15, 0.2) is 5.89 Å². The van der Waals surface area contributed by atoms with E-state index in [9.17, 15) is 0 Å². The van der Waals surface area contributed by atoms with E-state index in [0.29, 0.717) is 12.3 Å². The topological polar surface area (TPSA) is 72.3 Å². The van der Waals surface area contributed by atoms with Crippen molar-refractivity contribution in [1.29, 1.82) is 0 Å². The summed E-state index contributed by atoms with van der Waals surface area (Å²) in [5.74, 6) is 1.40. The highest BCUT2D eigenvalue weighted by Gasteiger charge is 2.21. The van der Waals surface area contributed by atoms with E-state index in [1.807, 2.05) is 13.8 Å². The van der Waals surface area contributed by atoms with Gasteiger partial charge in [0.2, 0.25) is 0 Å². The standard InChI is InChI=1S/C9H16N2O2/c1-6-7(2)13-8(11-6)4-9(3,10)5-12/h12H,4-5,10H2,1-3H3. The molecule has 0 bridgehead atoms. The highest BCUT2D eigenvalue weighted by Crippen LogP contribution is 2.13. The lowest BCUT2D eigenvalue weighted by molar-refractivity contribution is 0.200. The summed E-state index contributed by atoms with van der Waals surface area (Å²) in [6.07, 6.45) is 0.457. The summed E-state index contributed by atoms with van der Waals surface area (Å²) >= 11 is 0. The maximum Gasteiger partial charge on any atom is 0.196 e. The van der Waals surface area contributed by atoms with Crippen LogP contribution in [-0.4, -0.2) is 22.2 Å². The van der Waals surface area contributed by atoms with Crippen molar-refractivity contribution in [2.75, 3.05) is 6.61 Å².